The predicted molar refractivity (Wildman–Crippen MR) is 172 cm³/mol. The second-order valence-corrected chi connectivity index (χ2v) is 13.7. The highest BCUT2D eigenvalue weighted by atomic mass is 19.1. The molecular weight excluding hydrogens is 587 g/mol. The number of nitrogens with zero attached hydrogens (tertiary/aromatic N) is 6. The Morgan fingerprint density at radius 2 is 1.96 bits per heavy atom. The van der Waals surface area contributed by atoms with Crippen LogP contribution in [0.25, 0.3) is 28.1 Å². The first-order chi connectivity index (χ1) is 22.2. The quantitative estimate of drug-likeness (QED) is 0.309. The summed E-state index contributed by atoms with van der Waals surface area (Å²) in [5.41, 5.74) is 11.8. The van der Waals surface area contributed by atoms with Gasteiger partial charge in [-0.2, -0.15) is 0 Å². The minimum absolute atomic E-state index is 0.0153. The van der Waals surface area contributed by atoms with Crippen molar-refractivity contribution >= 4 is 28.6 Å². The molecule has 4 aliphatic rings. The molecule has 3 saturated heterocycles. The lowest BCUT2D eigenvalue weighted by Crippen LogP contribution is -2.40. The average molecular weight is 629 g/mol. The summed E-state index contributed by atoms with van der Waals surface area (Å²) in [6, 6.07) is 9.49. The van der Waals surface area contributed by atoms with Crippen LogP contribution in [0.3, 0.4) is 0 Å². The molecular formula is C34H41FN8O3. The van der Waals surface area contributed by atoms with Crippen molar-refractivity contribution in [2.24, 2.45) is 11.7 Å². The number of nitrogens with one attached hydrogen (secondary N) is 1. The summed E-state index contributed by atoms with van der Waals surface area (Å²) in [5.74, 6) is 1.11. The van der Waals surface area contributed by atoms with Gasteiger partial charge in [-0.15, -0.1) is 0 Å². The van der Waals surface area contributed by atoms with Crippen LogP contribution < -0.4 is 15.8 Å². The minimum atomic E-state index is -0.964. The maximum atomic E-state index is 13.8. The molecule has 12 heteroatoms. The van der Waals surface area contributed by atoms with Crippen molar-refractivity contribution in [2.75, 3.05) is 20.2 Å². The number of halogens is 1. The van der Waals surface area contributed by atoms with Gasteiger partial charge in [-0.05, 0) is 82.6 Å². The number of aromatic nitrogens is 4. The van der Waals surface area contributed by atoms with Gasteiger partial charge < -0.3 is 30.2 Å². The van der Waals surface area contributed by atoms with Gasteiger partial charge in [-0.1, -0.05) is 0 Å². The molecule has 1 saturated carbocycles. The molecule has 3 aliphatic heterocycles. The molecule has 242 valence electrons. The second kappa shape index (κ2) is 11.0. The molecule has 4 aromatic rings. The van der Waals surface area contributed by atoms with Crippen LogP contribution in [0.15, 0.2) is 30.3 Å². The van der Waals surface area contributed by atoms with Crippen LogP contribution in [0.4, 0.5) is 9.18 Å². The molecule has 0 radical (unpaired) electrons. The third-order valence-electron chi connectivity index (χ3n) is 10.5. The fourth-order valence-corrected chi connectivity index (χ4v) is 7.87. The number of ether oxygens (including phenoxy) is 1. The van der Waals surface area contributed by atoms with E-state index < -0.39 is 6.17 Å². The maximum Gasteiger partial charge on any atom is 0.318 e. The molecule has 4 fully saturated rings. The number of alkyl halides is 1. The summed E-state index contributed by atoms with van der Waals surface area (Å²) in [7, 11) is 1.62. The van der Waals surface area contributed by atoms with Gasteiger partial charge in [0.25, 0.3) is 5.91 Å². The minimum Gasteiger partial charge on any atom is -0.482 e. The van der Waals surface area contributed by atoms with E-state index in [2.05, 4.69) is 16.0 Å². The Bertz CT molecular complexity index is 1860. The third kappa shape index (κ3) is 4.80. The van der Waals surface area contributed by atoms with Crippen LogP contribution in [-0.4, -0.2) is 85.2 Å². The molecule has 3 amide bonds. The Balaban J connectivity index is 1.16. The van der Waals surface area contributed by atoms with E-state index in [9.17, 15) is 14.0 Å². The predicted octanol–water partition coefficient (Wildman–Crippen LogP) is 4.60. The maximum absolute atomic E-state index is 13.8. The first-order valence-electron chi connectivity index (χ1n) is 16.6. The first-order valence-corrected chi connectivity index (χ1v) is 16.6. The smallest absolute Gasteiger partial charge is 0.318 e. The number of urea groups is 1. The zero-order valence-electron chi connectivity index (χ0n) is 26.6. The lowest BCUT2D eigenvalue weighted by Gasteiger charge is -2.23. The third-order valence-corrected chi connectivity index (χ3v) is 10.5. The molecule has 2 bridgehead atoms. The molecule has 3 N–H and O–H groups in total. The normalized spacial score (nSPS) is 24.8. The summed E-state index contributed by atoms with van der Waals surface area (Å²) in [6.45, 7) is 5.29. The number of carbonyl (C=O) groups excluding carboxylic acids is 2. The topological polar surface area (TPSA) is 123 Å². The lowest BCUT2D eigenvalue weighted by atomic mass is 9.97. The van der Waals surface area contributed by atoms with Crippen LogP contribution in [-0.2, 0) is 6.54 Å². The fraction of sp³-hybridized carbons (Fsp3) is 0.529. The van der Waals surface area contributed by atoms with E-state index in [4.69, 9.17) is 20.4 Å². The summed E-state index contributed by atoms with van der Waals surface area (Å²) in [6.07, 6.45) is 4.56. The second-order valence-electron chi connectivity index (χ2n) is 13.7. The number of nitrogens with two attached hydrogens (primary N) is 1. The Hall–Kier alpha value is -4.19. The number of imidazole rings is 1. The summed E-state index contributed by atoms with van der Waals surface area (Å²) < 4.78 is 23.7. The summed E-state index contributed by atoms with van der Waals surface area (Å²) >= 11 is 0. The standard InChI is InChI=1S/C34H41FN8O3/c1-18(37-34(45)40-11-10-23(35)17-40)26-8-6-21-12-28(41(32(21)38-26)16-20-4-5-20)31-19(2)42-29(39-31)13-22(14-30(42)46-3)33(44)43-24-7-9-27(43)25(36)15-24/h6,8,12-14,18,20,23-25,27H,4-5,7,9-11,15-17,36H2,1-3H3,(H,37,45)/t18-,23+,24+,25-,27?/m1/s1. The van der Waals surface area contributed by atoms with Crippen LogP contribution in [0.1, 0.15) is 73.2 Å². The van der Waals surface area contributed by atoms with Crippen molar-refractivity contribution in [1.82, 2.24) is 34.1 Å². The Labute approximate surface area is 266 Å². The van der Waals surface area contributed by atoms with Crippen molar-refractivity contribution < 1.29 is 18.7 Å². The SMILES string of the molecule is COc1cc(C(=O)N2C3CC[C@H]2C[C@H]3N)cc2nc(-c3cc4ccc([C@@H](C)NC(=O)N5CC[C@H](F)C5)nc4n3CC3CC3)c(C)n12. The van der Waals surface area contributed by atoms with E-state index in [1.807, 2.05) is 47.4 Å². The lowest BCUT2D eigenvalue weighted by molar-refractivity contribution is 0.0726. The zero-order chi connectivity index (χ0) is 31.9. The van der Waals surface area contributed by atoms with Crippen molar-refractivity contribution in [3.8, 4) is 17.3 Å². The number of pyridine rings is 2. The van der Waals surface area contributed by atoms with Crippen molar-refractivity contribution in [3.05, 3.63) is 47.3 Å². The Morgan fingerprint density at radius 1 is 1.13 bits per heavy atom. The Kier molecular flexibility index (Phi) is 6.97. The van der Waals surface area contributed by atoms with Gasteiger partial charge >= 0.3 is 6.03 Å². The zero-order valence-corrected chi connectivity index (χ0v) is 26.6. The van der Waals surface area contributed by atoms with Crippen molar-refractivity contribution in [1.29, 1.82) is 0 Å². The van der Waals surface area contributed by atoms with Gasteiger partial charge in [0.1, 0.15) is 23.2 Å². The molecule has 8 rings (SSSR count). The van der Waals surface area contributed by atoms with Gasteiger partial charge in [0.15, 0.2) is 5.88 Å². The van der Waals surface area contributed by atoms with Crippen LogP contribution in [0.5, 0.6) is 5.88 Å². The fourth-order valence-electron chi connectivity index (χ4n) is 7.87. The number of amides is 3. The van der Waals surface area contributed by atoms with Crippen LogP contribution in [0, 0.1) is 12.8 Å². The van der Waals surface area contributed by atoms with E-state index in [0.717, 1.165) is 59.6 Å². The summed E-state index contributed by atoms with van der Waals surface area (Å²) in [5, 5.41) is 3.99. The van der Waals surface area contributed by atoms with Crippen molar-refractivity contribution in [3.63, 3.8) is 0 Å². The van der Waals surface area contributed by atoms with Crippen LogP contribution in [0.2, 0.25) is 0 Å². The van der Waals surface area contributed by atoms with E-state index in [1.165, 1.54) is 17.7 Å². The number of rotatable bonds is 7. The van der Waals surface area contributed by atoms with Crippen molar-refractivity contribution in [2.45, 2.75) is 89.3 Å². The number of hydrogen-bond acceptors (Lipinski definition) is 6. The Morgan fingerprint density at radius 3 is 2.63 bits per heavy atom. The highest BCUT2D eigenvalue weighted by Gasteiger charge is 2.47. The molecule has 1 aliphatic carbocycles. The number of likely N-dealkylation sites (tertiary alicyclic amines) is 1. The van der Waals surface area contributed by atoms with Gasteiger partial charge in [0.05, 0.1) is 36.8 Å². The summed E-state index contributed by atoms with van der Waals surface area (Å²) in [4.78, 5) is 40.2. The van der Waals surface area contributed by atoms with Gasteiger partial charge in [-0.3, -0.25) is 9.20 Å². The van der Waals surface area contributed by atoms with E-state index in [1.54, 1.807) is 7.11 Å². The average Bonchev–Trinajstić information content (AvgIpc) is 3.36. The molecule has 11 nitrogen and oxygen atoms in total. The van der Waals surface area contributed by atoms with E-state index in [-0.39, 0.29) is 42.7 Å². The molecule has 7 heterocycles. The van der Waals surface area contributed by atoms with E-state index >= 15 is 0 Å². The highest BCUT2D eigenvalue weighted by molar-refractivity contribution is 5.97. The largest absolute Gasteiger partial charge is 0.482 e. The number of carbonyl (C=O) groups is 2. The number of aryl methyl sites for hydroxylation is 1. The molecule has 1 unspecified atom stereocenters. The number of hydrogen-bond donors (Lipinski definition) is 2. The molecule has 5 atom stereocenters. The van der Waals surface area contributed by atoms with E-state index in [0.29, 0.717) is 36.0 Å². The van der Waals surface area contributed by atoms with Gasteiger partial charge in [0, 0.05) is 48.2 Å². The first kappa shape index (κ1) is 29.2. The van der Waals surface area contributed by atoms with Gasteiger partial charge in [-0.25, -0.2) is 19.2 Å². The molecule has 0 spiro atoms. The van der Waals surface area contributed by atoms with Gasteiger partial charge in [0.2, 0.25) is 0 Å². The monoisotopic (exact) mass is 628 g/mol. The molecule has 46 heavy (non-hydrogen) atoms. The van der Waals surface area contributed by atoms with Crippen LogP contribution >= 0.6 is 0 Å². The molecule has 0 aromatic carbocycles. The molecule has 4 aromatic heterocycles. The highest BCUT2D eigenvalue weighted by Crippen LogP contribution is 2.40. The number of methoxy groups -OCH3 is 1. The number of fused-ring (bicyclic) bond motifs is 4.